The average molecular weight is 437 g/mol. The number of aromatic carboxylic acids is 1. The Kier molecular flexibility index (Phi) is 5.71. The minimum atomic E-state index is -1.24. The summed E-state index contributed by atoms with van der Waals surface area (Å²) < 4.78 is 6.81. The summed E-state index contributed by atoms with van der Waals surface area (Å²) in [6, 6.07) is 14.1. The van der Waals surface area contributed by atoms with Gasteiger partial charge in [-0.2, -0.15) is 4.57 Å². The number of ether oxygens (including phenoxy) is 1. The van der Waals surface area contributed by atoms with E-state index >= 15 is 0 Å². The highest BCUT2D eigenvalue weighted by Gasteiger charge is 2.23. The van der Waals surface area contributed by atoms with Gasteiger partial charge >= 0.3 is 5.97 Å². The number of carboxylic acid groups (broad SMARTS) is 1. The van der Waals surface area contributed by atoms with E-state index in [0.29, 0.717) is 28.4 Å². The van der Waals surface area contributed by atoms with E-state index < -0.39 is 5.97 Å². The molecular weight excluding hydrogens is 421 g/mol. The molecule has 0 bridgehead atoms. The van der Waals surface area contributed by atoms with Gasteiger partial charge in [0.1, 0.15) is 0 Å². The number of esters is 1. The molecule has 24 heavy (non-hydrogen) atoms. The molecule has 0 saturated carbocycles. The lowest BCUT2D eigenvalue weighted by Crippen LogP contribution is -2.41. The summed E-state index contributed by atoms with van der Waals surface area (Å²) in [7, 11) is 0. The van der Waals surface area contributed by atoms with E-state index in [4.69, 9.17) is 4.74 Å². The van der Waals surface area contributed by atoms with Gasteiger partial charge in [-0.1, -0.05) is 24.3 Å². The molecule has 0 aliphatic heterocycles. The van der Waals surface area contributed by atoms with Crippen LogP contribution in [0.5, 0.6) is 0 Å². The van der Waals surface area contributed by atoms with Crippen molar-refractivity contribution >= 4 is 57.7 Å². The summed E-state index contributed by atoms with van der Waals surface area (Å²) in [5.74, 6) is -1.60. The SMILES string of the molecule is CCOC(=O)C[n+]1c2ccccc2c(C(=O)[O-])c2ccccc21.I. The average Bonchev–Trinajstić information content (AvgIpc) is 2.54. The Morgan fingerprint density at radius 1 is 1.00 bits per heavy atom. The highest BCUT2D eigenvalue weighted by molar-refractivity contribution is 14.0. The lowest BCUT2D eigenvalue weighted by atomic mass is 10.0. The van der Waals surface area contributed by atoms with Gasteiger partial charge in [0.25, 0.3) is 0 Å². The monoisotopic (exact) mass is 437 g/mol. The number of carbonyl (C=O) groups is 2. The number of fused-ring (bicyclic) bond motifs is 2. The fourth-order valence-electron chi connectivity index (χ4n) is 2.84. The number of hydrogen-bond donors (Lipinski definition) is 0. The van der Waals surface area contributed by atoms with Crippen LogP contribution in [0.3, 0.4) is 0 Å². The zero-order valence-corrected chi connectivity index (χ0v) is 15.4. The maximum atomic E-state index is 11.9. The zero-order chi connectivity index (χ0) is 16.4. The van der Waals surface area contributed by atoms with Gasteiger partial charge < -0.3 is 14.6 Å². The number of carboxylic acids is 1. The Labute approximate surface area is 155 Å². The fourth-order valence-corrected chi connectivity index (χ4v) is 2.84. The standard InChI is InChI=1S/C18H15NO4.HI/c1-2-23-16(20)11-19-14-9-5-3-7-12(14)17(18(21)22)13-8-4-6-10-15(13)19;/h3-10H,2,11H2,1H3;1H. The van der Waals surface area contributed by atoms with Crippen molar-refractivity contribution in [2.75, 3.05) is 6.61 Å². The minimum absolute atomic E-state index is 0. The molecule has 5 nitrogen and oxygen atoms in total. The van der Waals surface area contributed by atoms with Crippen LogP contribution in [0, 0.1) is 0 Å². The number of hydrogen-bond acceptors (Lipinski definition) is 4. The van der Waals surface area contributed by atoms with Crippen molar-refractivity contribution in [3.63, 3.8) is 0 Å². The number of nitrogens with zero attached hydrogens (tertiary/aromatic N) is 1. The van der Waals surface area contributed by atoms with Crippen LogP contribution < -0.4 is 9.67 Å². The van der Waals surface area contributed by atoms with Crippen molar-refractivity contribution in [1.82, 2.24) is 0 Å². The molecule has 3 aromatic rings. The first kappa shape index (κ1) is 18.1. The Morgan fingerprint density at radius 2 is 1.50 bits per heavy atom. The van der Waals surface area contributed by atoms with E-state index in [-0.39, 0.29) is 42.1 Å². The van der Waals surface area contributed by atoms with Gasteiger partial charge in [0.2, 0.25) is 17.6 Å². The second-order valence-electron chi connectivity index (χ2n) is 5.09. The molecule has 0 saturated heterocycles. The first-order valence-electron chi connectivity index (χ1n) is 7.33. The second kappa shape index (κ2) is 7.57. The number of rotatable bonds is 4. The van der Waals surface area contributed by atoms with E-state index in [0.717, 1.165) is 0 Å². The summed E-state index contributed by atoms with van der Waals surface area (Å²) in [5, 5.41) is 12.7. The van der Waals surface area contributed by atoms with Crippen molar-refractivity contribution in [3.05, 3.63) is 54.1 Å². The molecule has 0 unspecified atom stereocenters. The van der Waals surface area contributed by atoms with Gasteiger partial charge in [0.05, 0.1) is 23.3 Å². The molecule has 0 N–H and O–H groups in total. The first-order chi connectivity index (χ1) is 11.1. The number of carbonyl (C=O) groups excluding carboxylic acids is 2. The van der Waals surface area contributed by atoms with Crippen LogP contribution in [-0.4, -0.2) is 18.5 Å². The fraction of sp³-hybridized carbons (Fsp3) is 0.167. The molecule has 0 spiro atoms. The molecule has 6 heteroatoms. The number of benzene rings is 2. The highest BCUT2D eigenvalue weighted by atomic mass is 127. The Bertz CT molecular complexity index is 866. The maximum absolute atomic E-state index is 11.9. The Hall–Kier alpha value is -2.22. The normalized spacial score (nSPS) is 10.4. The molecular formula is C18H16INO4. The summed E-state index contributed by atoms with van der Waals surface area (Å²) in [6.45, 7) is 2.06. The molecule has 2 aromatic carbocycles. The minimum Gasteiger partial charge on any atom is -0.545 e. The summed E-state index contributed by atoms with van der Waals surface area (Å²) in [6.07, 6.45) is 0. The number of pyridine rings is 1. The highest BCUT2D eigenvalue weighted by Crippen LogP contribution is 2.24. The van der Waals surface area contributed by atoms with Gasteiger partial charge in [-0.15, -0.1) is 24.0 Å². The van der Waals surface area contributed by atoms with E-state index in [1.54, 1.807) is 60.0 Å². The van der Waals surface area contributed by atoms with Crippen LogP contribution in [0.15, 0.2) is 48.5 Å². The number of halogens is 1. The van der Waals surface area contributed by atoms with Crippen molar-refractivity contribution in [2.45, 2.75) is 13.5 Å². The van der Waals surface area contributed by atoms with Crippen LogP contribution in [0.2, 0.25) is 0 Å². The molecule has 0 fully saturated rings. The smallest absolute Gasteiger partial charge is 0.372 e. The van der Waals surface area contributed by atoms with Crippen molar-refractivity contribution in [1.29, 1.82) is 0 Å². The van der Waals surface area contributed by atoms with Crippen LogP contribution in [0.1, 0.15) is 17.3 Å². The quantitative estimate of drug-likeness (QED) is 0.270. The Morgan fingerprint density at radius 3 is 1.96 bits per heavy atom. The van der Waals surface area contributed by atoms with E-state index in [2.05, 4.69) is 0 Å². The van der Waals surface area contributed by atoms with Gasteiger partial charge in [0.15, 0.2) is 0 Å². The Balaban J connectivity index is 0.00000208. The van der Waals surface area contributed by atoms with Crippen LogP contribution >= 0.6 is 24.0 Å². The van der Waals surface area contributed by atoms with Gasteiger partial charge in [0, 0.05) is 17.7 Å². The van der Waals surface area contributed by atoms with Gasteiger partial charge in [-0.05, 0) is 19.1 Å². The molecule has 0 amide bonds. The van der Waals surface area contributed by atoms with Gasteiger partial charge in [-0.25, -0.2) is 4.79 Å². The zero-order valence-electron chi connectivity index (χ0n) is 13.0. The molecule has 0 atom stereocenters. The molecule has 124 valence electrons. The third-order valence-electron chi connectivity index (χ3n) is 3.73. The van der Waals surface area contributed by atoms with Crippen molar-refractivity contribution < 1.29 is 24.0 Å². The van der Waals surface area contributed by atoms with Crippen molar-refractivity contribution in [2.24, 2.45) is 0 Å². The summed E-state index contributed by atoms with van der Waals surface area (Å²) in [4.78, 5) is 23.6. The topological polar surface area (TPSA) is 70.3 Å². The van der Waals surface area contributed by atoms with E-state index in [1.807, 2.05) is 0 Å². The first-order valence-corrected chi connectivity index (χ1v) is 7.33. The number of aromatic nitrogens is 1. The number of para-hydroxylation sites is 2. The second-order valence-corrected chi connectivity index (χ2v) is 5.09. The maximum Gasteiger partial charge on any atom is 0.372 e. The summed E-state index contributed by atoms with van der Waals surface area (Å²) >= 11 is 0. The molecule has 1 aromatic heterocycles. The molecule has 1 heterocycles. The predicted octanol–water partition coefficient (Wildman–Crippen LogP) is 1.83. The summed E-state index contributed by atoms with van der Waals surface area (Å²) in [5.41, 5.74) is 1.44. The van der Waals surface area contributed by atoms with E-state index in [9.17, 15) is 14.7 Å². The third-order valence-corrected chi connectivity index (χ3v) is 3.73. The van der Waals surface area contributed by atoms with Crippen molar-refractivity contribution in [3.8, 4) is 0 Å². The van der Waals surface area contributed by atoms with Crippen LogP contribution in [-0.2, 0) is 16.1 Å². The molecule has 3 rings (SSSR count). The third kappa shape index (κ3) is 3.19. The van der Waals surface area contributed by atoms with Crippen LogP contribution in [0.25, 0.3) is 21.8 Å². The largest absolute Gasteiger partial charge is 0.545 e. The molecule has 0 aliphatic carbocycles. The van der Waals surface area contributed by atoms with Gasteiger partial charge in [-0.3, -0.25) is 0 Å². The molecule has 0 aliphatic rings. The predicted molar refractivity (Wildman–Crippen MR) is 98.0 cm³/mol. The van der Waals surface area contributed by atoms with Crippen LogP contribution in [0.4, 0.5) is 0 Å². The lowest BCUT2D eigenvalue weighted by molar-refractivity contribution is -0.633. The lowest BCUT2D eigenvalue weighted by Gasteiger charge is -2.12. The van der Waals surface area contributed by atoms with E-state index in [1.165, 1.54) is 0 Å². The molecule has 0 radical (unpaired) electrons.